The largest absolute Gasteiger partial charge is 0.302 e. The Morgan fingerprint density at radius 1 is 1.16 bits per heavy atom. The fourth-order valence-corrected chi connectivity index (χ4v) is 2.54. The van der Waals surface area contributed by atoms with Gasteiger partial charge in [0.2, 0.25) is 0 Å². The first-order chi connectivity index (χ1) is 8.60. The Bertz CT molecular complexity index is 660. The van der Waals surface area contributed by atoms with Crippen molar-refractivity contribution in [1.29, 1.82) is 0 Å². The van der Waals surface area contributed by atoms with E-state index in [2.05, 4.69) is 4.18 Å². The highest BCUT2D eigenvalue weighted by Gasteiger charge is 2.18. The molecule has 0 radical (unpaired) electrons. The van der Waals surface area contributed by atoms with Gasteiger partial charge in [-0.15, -0.1) is 0 Å². The van der Waals surface area contributed by atoms with Gasteiger partial charge in [-0.2, -0.15) is 8.42 Å². The smallest absolute Gasteiger partial charge is 0.298 e. The highest BCUT2D eigenvalue weighted by molar-refractivity contribution is 7.93. The molecular formula is C11H15NO5S2. The van der Waals surface area contributed by atoms with Crippen LogP contribution in [0.5, 0.6) is 0 Å². The molecule has 0 aliphatic rings. The summed E-state index contributed by atoms with van der Waals surface area (Å²) < 4.78 is 50.0. The van der Waals surface area contributed by atoms with Crippen molar-refractivity contribution in [2.45, 2.75) is 18.0 Å². The van der Waals surface area contributed by atoms with E-state index in [0.29, 0.717) is 0 Å². The van der Waals surface area contributed by atoms with Crippen LogP contribution >= 0.6 is 0 Å². The third-order valence-electron chi connectivity index (χ3n) is 2.06. The minimum absolute atomic E-state index is 0.0405. The van der Waals surface area contributed by atoms with Crippen molar-refractivity contribution in [2.75, 3.05) is 6.26 Å². The zero-order valence-electron chi connectivity index (χ0n) is 10.5. The molecule has 0 bridgehead atoms. The summed E-state index contributed by atoms with van der Waals surface area (Å²) in [6.45, 7) is 1.82. The summed E-state index contributed by atoms with van der Waals surface area (Å²) in [5.41, 5.74) is 6.28. The Morgan fingerprint density at radius 2 is 1.68 bits per heavy atom. The second kappa shape index (κ2) is 5.83. The fourth-order valence-electron chi connectivity index (χ4n) is 1.16. The molecule has 0 heterocycles. The Labute approximate surface area is 112 Å². The van der Waals surface area contributed by atoms with Gasteiger partial charge in [0, 0.05) is 11.7 Å². The molecule has 0 aliphatic carbocycles. The molecular weight excluding hydrogens is 290 g/mol. The number of hydrogen-bond donors (Lipinski definition) is 1. The topological polar surface area (TPSA) is 104 Å². The summed E-state index contributed by atoms with van der Waals surface area (Å²) in [4.78, 5) is -0.0405. The normalized spacial score (nSPS) is 14.7. The van der Waals surface area contributed by atoms with Crippen molar-refractivity contribution < 1.29 is 21.0 Å². The quantitative estimate of drug-likeness (QED) is 0.629. The zero-order valence-corrected chi connectivity index (χ0v) is 12.1. The minimum Gasteiger partial charge on any atom is -0.302 e. The first-order valence-corrected chi connectivity index (χ1v) is 8.60. The lowest BCUT2D eigenvalue weighted by molar-refractivity contribution is 0.263. The summed E-state index contributed by atoms with van der Waals surface area (Å²) >= 11 is 0. The Balaban J connectivity index is 2.86. The van der Waals surface area contributed by atoms with Crippen LogP contribution in [0.25, 0.3) is 0 Å². The number of nitrogens with two attached hydrogens (primary N) is 1. The highest BCUT2D eigenvalue weighted by Crippen LogP contribution is 2.14. The first kappa shape index (κ1) is 15.8. The van der Waals surface area contributed by atoms with Crippen molar-refractivity contribution in [3.8, 4) is 0 Å². The maximum Gasteiger partial charge on any atom is 0.298 e. The molecule has 0 spiro atoms. The number of aryl methyl sites for hydroxylation is 1. The Morgan fingerprint density at radius 3 is 2.16 bits per heavy atom. The van der Waals surface area contributed by atoms with E-state index in [1.165, 1.54) is 12.1 Å². The van der Waals surface area contributed by atoms with Crippen LogP contribution in [0.15, 0.2) is 40.6 Å². The van der Waals surface area contributed by atoms with Crippen LogP contribution in [0.2, 0.25) is 0 Å². The van der Waals surface area contributed by atoms with E-state index in [9.17, 15) is 16.8 Å². The van der Waals surface area contributed by atoms with Crippen LogP contribution < -0.4 is 5.73 Å². The van der Waals surface area contributed by atoms with Gasteiger partial charge in [-0.1, -0.05) is 17.7 Å². The van der Waals surface area contributed by atoms with Crippen LogP contribution in [0.4, 0.5) is 0 Å². The van der Waals surface area contributed by atoms with Crippen molar-refractivity contribution >= 4 is 20.0 Å². The number of benzene rings is 1. The van der Waals surface area contributed by atoms with Crippen LogP contribution in [0.1, 0.15) is 5.56 Å². The monoisotopic (exact) mass is 305 g/mol. The molecule has 19 heavy (non-hydrogen) atoms. The molecule has 106 valence electrons. The third-order valence-corrected chi connectivity index (χ3v) is 4.04. The Hall–Kier alpha value is -1.22. The molecule has 1 unspecified atom stereocenters. The number of sulfone groups is 1. The molecule has 1 aromatic carbocycles. The summed E-state index contributed by atoms with van der Waals surface area (Å²) in [7, 11) is -7.40. The minimum atomic E-state index is -4.02. The van der Waals surface area contributed by atoms with Crippen molar-refractivity contribution in [3.05, 3.63) is 41.3 Å². The Kier molecular flexibility index (Phi) is 4.86. The third kappa shape index (κ3) is 5.52. The van der Waals surface area contributed by atoms with Gasteiger partial charge >= 0.3 is 0 Å². The molecule has 0 fully saturated rings. The van der Waals surface area contributed by atoms with Gasteiger partial charge in [0.05, 0.1) is 4.90 Å². The van der Waals surface area contributed by atoms with Crippen molar-refractivity contribution in [3.63, 3.8) is 0 Å². The van der Waals surface area contributed by atoms with Gasteiger partial charge in [0.25, 0.3) is 10.1 Å². The van der Waals surface area contributed by atoms with Crippen LogP contribution in [-0.4, -0.2) is 29.3 Å². The predicted molar refractivity (Wildman–Crippen MR) is 71.4 cm³/mol. The van der Waals surface area contributed by atoms with E-state index in [0.717, 1.165) is 23.3 Å². The van der Waals surface area contributed by atoms with Gasteiger partial charge in [-0.25, -0.2) is 12.6 Å². The lowest BCUT2D eigenvalue weighted by Crippen LogP contribution is -2.25. The second-order valence-electron chi connectivity index (χ2n) is 3.99. The first-order valence-electron chi connectivity index (χ1n) is 5.24. The molecule has 2 N–H and O–H groups in total. The molecule has 1 rings (SSSR count). The number of rotatable bonds is 5. The summed E-state index contributed by atoms with van der Waals surface area (Å²) in [5, 5.41) is 0.794. The molecule has 0 saturated carbocycles. The molecule has 8 heteroatoms. The van der Waals surface area contributed by atoms with Crippen molar-refractivity contribution in [2.24, 2.45) is 5.73 Å². The lowest BCUT2D eigenvalue weighted by atomic mass is 10.2. The van der Waals surface area contributed by atoms with E-state index in [-0.39, 0.29) is 4.90 Å². The van der Waals surface area contributed by atoms with Crippen LogP contribution in [0.3, 0.4) is 0 Å². The van der Waals surface area contributed by atoms with E-state index < -0.39 is 26.2 Å². The van der Waals surface area contributed by atoms with Crippen LogP contribution in [0, 0.1) is 6.92 Å². The molecule has 0 saturated heterocycles. The summed E-state index contributed by atoms with van der Waals surface area (Å²) in [6, 6.07) is 6.01. The maximum atomic E-state index is 11.8. The fraction of sp³-hybridized carbons (Fsp3) is 0.273. The van der Waals surface area contributed by atoms with Gasteiger partial charge in [0.1, 0.15) is 6.23 Å². The van der Waals surface area contributed by atoms with E-state index >= 15 is 0 Å². The van der Waals surface area contributed by atoms with Gasteiger partial charge in [0.15, 0.2) is 9.84 Å². The molecule has 0 aliphatic heterocycles. The molecule has 1 atom stereocenters. The zero-order chi connectivity index (χ0) is 14.7. The average molecular weight is 305 g/mol. The molecule has 6 nitrogen and oxygen atoms in total. The average Bonchev–Trinajstić information content (AvgIpc) is 2.25. The van der Waals surface area contributed by atoms with Gasteiger partial charge < -0.3 is 5.73 Å². The predicted octanol–water partition coefficient (Wildman–Crippen LogP) is 0.543. The van der Waals surface area contributed by atoms with Crippen molar-refractivity contribution in [1.82, 2.24) is 0 Å². The van der Waals surface area contributed by atoms with Gasteiger partial charge in [-0.05, 0) is 25.1 Å². The molecule has 1 aromatic rings. The van der Waals surface area contributed by atoms with Crippen LogP contribution in [-0.2, 0) is 24.1 Å². The standard InChI is InChI=1S/C11H15NO5S2/c1-9-3-5-10(6-4-9)19(15,16)17-11(12)7-8-18(2,13)14/h3-8,11H,12H2,1-2H3/b8-7-. The molecule has 0 amide bonds. The lowest BCUT2D eigenvalue weighted by Gasteiger charge is -2.09. The maximum absolute atomic E-state index is 11.8. The second-order valence-corrected chi connectivity index (χ2v) is 7.49. The van der Waals surface area contributed by atoms with E-state index in [1.54, 1.807) is 12.1 Å². The summed E-state index contributed by atoms with van der Waals surface area (Å²) in [5.74, 6) is 0. The molecule has 0 aromatic heterocycles. The van der Waals surface area contributed by atoms with E-state index in [1.807, 2.05) is 6.92 Å². The highest BCUT2D eigenvalue weighted by atomic mass is 32.2. The van der Waals surface area contributed by atoms with Gasteiger partial charge in [-0.3, -0.25) is 0 Å². The number of hydrogen-bond acceptors (Lipinski definition) is 6. The van der Waals surface area contributed by atoms with E-state index in [4.69, 9.17) is 5.73 Å². The SMILES string of the molecule is Cc1ccc(S(=O)(=O)OC(N)/C=C\S(C)(=O)=O)cc1. The summed E-state index contributed by atoms with van der Waals surface area (Å²) in [6.07, 6.45) is 0.562.